The van der Waals surface area contributed by atoms with Gasteiger partial charge in [-0.05, 0) is 24.5 Å². The molecule has 2 aliphatic heterocycles. The van der Waals surface area contributed by atoms with Crippen molar-refractivity contribution in [2.24, 2.45) is 5.92 Å². The van der Waals surface area contributed by atoms with Gasteiger partial charge in [0.25, 0.3) is 5.91 Å². The summed E-state index contributed by atoms with van der Waals surface area (Å²) in [5.74, 6) is 0.624. The summed E-state index contributed by atoms with van der Waals surface area (Å²) in [6, 6.07) is 4.46. The van der Waals surface area contributed by atoms with Gasteiger partial charge in [0.2, 0.25) is 0 Å². The van der Waals surface area contributed by atoms with E-state index in [-0.39, 0.29) is 5.91 Å². The first kappa shape index (κ1) is 11.5. The molecular weight excluding hydrogens is 228 g/mol. The summed E-state index contributed by atoms with van der Waals surface area (Å²) in [7, 11) is 1.63. The van der Waals surface area contributed by atoms with Crippen molar-refractivity contribution < 1.29 is 4.79 Å². The van der Waals surface area contributed by atoms with Crippen LogP contribution in [-0.4, -0.2) is 43.6 Å². The summed E-state index contributed by atoms with van der Waals surface area (Å²) < 4.78 is 0. The Kier molecular flexibility index (Phi) is 2.91. The standard InChI is InChI=1S/C13H18N4O/c1-14-13(18)11-6-10(2-4-16-11)17-5-3-9-7-15-8-12(9)17/h2,4,6,9,12,15H,3,5,7-8H2,1H3,(H,14,18)/t9-,12+/m0/s1. The molecule has 3 rings (SSSR count). The monoisotopic (exact) mass is 246 g/mol. The van der Waals surface area contributed by atoms with Crippen LogP contribution in [0.5, 0.6) is 0 Å². The Bertz CT molecular complexity index is 462. The number of fused-ring (bicyclic) bond motifs is 1. The topological polar surface area (TPSA) is 57.3 Å². The summed E-state index contributed by atoms with van der Waals surface area (Å²) in [5.41, 5.74) is 1.60. The molecule has 2 saturated heterocycles. The molecule has 0 radical (unpaired) electrons. The van der Waals surface area contributed by atoms with Crippen LogP contribution in [0.1, 0.15) is 16.9 Å². The van der Waals surface area contributed by atoms with Crippen LogP contribution < -0.4 is 15.5 Å². The molecule has 5 nitrogen and oxygen atoms in total. The minimum atomic E-state index is -0.128. The Hall–Kier alpha value is -1.62. The van der Waals surface area contributed by atoms with Gasteiger partial charge >= 0.3 is 0 Å². The lowest BCUT2D eigenvalue weighted by molar-refractivity contribution is 0.0958. The van der Waals surface area contributed by atoms with Gasteiger partial charge in [-0.3, -0.25) is 9.78 Å². The van der Waals surface area contributed by atoms with Gasteiger partial charge in [0.05, 0.1) is 0 Å². The molecule has 2 aliphatic rings. The zero-order valence-electron chi connectivity index (χ0n) is 10.5. The van der Waals surface area contributed by atoms with E-state index in [1.165, 1.54) is 6.42 Å². The van der Waals surface area contributed by atoms with Gasteiger partial charge in [-0.2, -0.15) is 0 Å². The molecule has 96 valence electrons. The fourth-order valence-corrected chi connectivity index (χ4v) is 3.02. The molecule has 0 aliphatic carbocycles. The van der Waals surface area contributed by atoms with E-state index < -0.39 is 0 Å². The quantitative estimate of drug-likeness (QED) is 0.785. The molecule has 2 atom stereocenters. The first-order chi connectivity index (χ1) is 8.79. The van der Waals surface area contributed by atoms with E-state index in [0.29, 0.717) is 11.7 Å². The van der Waals surface area contributed by atoms with Crippen molar-refractivity contribution >= 4 is 11.6 Å². The van der Waals surface area contributed by atoms with Gasteiger partial charge in [-0.25, -0.2) is 0 Å². The zero-order chi connectivity index (χ0) is 12.5. The van der Waals surface area contributed by atoms with Crippen molar-refractivity contribution in [1.82, 2.24) is 15.6 Å². The van der Waals surface area contributed by atoms with Crippen LogP contribution in [0.15, 0.2) is 18.3 Å². The fourth-order valence-electron chi connectivity index (χ4n) is 3.02. The minimum absolute atomic E-state index is 0.128. The number of nitrogens with one attached hydrogen (secondary N) is 2. The number of anilines is 1. The lowest BCUT2D eigenvalue weighted by atomic mass is 10.1. The highest BCUT2D eigenvalue weighted by Gasteiger charge is 2.37. The van der Waals surface area contributed by atoms with Crippen molar-refractivity contribution in [3.63, 3.8) is 0 Å². The van der Waals surface area contributed by atoms with Crippen molar-refractivity contribution in [3.8, 4) is 0 Å². The molecule has 0 aromatic carbocycles. The number of hydrogen-bond donors (Lipinski definition) is 2. The first-order valence-electron chi connectivity index (χ1n) is 6.45. The maximum atomic E-state index is 11.6. The second kappa shape index (κ2) is 4.57. The van der Waals surface area contributed by atoms with Crippen molar-refractivity contribution in [1.29, 1.82) is 0 Å². The molecule has 2 N–H and O–H groups in total. The van der Waals surface area contributed by atoms with E-state index in [1.54, 1.807) is 13.2 Å². The summed E-state index contributed by atoms with van der Waals surface area (Å²) in [4.78, 5) is 18.1. The Morgan fingerprint density at radius 1 is 1.56 bits per heavy atom. The lowest BCUT2D eigenvalue weighted by Crippen LogP contribution is -2.34. The van der Waals surface area contributed by atoms with Gasteiger partial charge in [0.15, 0.2) is 0 Å². The molecule has 0 saturated carbocycles. The van der Waals surface area contributed by atoms with Crippen LogP contribution in [0, 0.1) is 5.92 Å². The van der Waals surface area contributed by atoms with E-state index in [9.17, 15) is 4.79 Å². The maximum absolute atomic E-state index is 11.6. The van der Waals surface area contributed by atoms with Gasteiger partial charge in [-0.1, -0.05) is 0 Å². The smallest absolute Gasteiger partial charge is 0.269 e. The summed E-state index contributed by atoms with van der Waals surface area (Å²) in [5, 5.41) is 6.05. The number of carbonyl (C=O) groups is 1. The molecule has 2 fully saturated rings. The van der Waals surface area contributed by atoms with E-state index in [2.05, 4.69) is 20.5 Å². The second-order valence-corrected chi connectivity index (χ2v) is 4.95. The minimum Gasteiger partial charge on any atom is -0.367 e. The summed E-state index contributed by atoms with van der Waals surface area (Å²) in [6.45, 7) is 3.24. The van der Waals surface area contributed by atoms with Crippen LogP contribution >= 0.6 is 0 Å². The zero-order valence-corrected chi connectivity index (χ0v) is 10.5. The first-order valence-corrected chi connectivity index (χ1v) is 6.45. The number of rotatable bonds is 2. The van der Waals surface area contributed by atoms with Gasteiger partial charge < -0.3 is 15.5 Å². The Morgan fingerprint density at radius 2 is 2.44 bits per heavy atom. The molecular formula is C13H18N4O. The second-order valence-electron chi connectivity index (χ2n) is 4.95. The molecule has 18 heavy (non-hydrogen) atoms. The highest BCUT2D eigenvalue weighted by atomic mass is 16.1. The Labute approximate surface area is 107 Å². The molecule has 1 aromatic heterocycles. The van der Waals surface area contributed by atoms with Crippen LogP contribution in [0.25, 0.3) is 0 Å². The number of aromatic nitrogens is 1. The lowest BCUT2D eigenvalue weighted by Gasteiger charge is -2.25. The molecule has 1 aromatic rings. The predicted molar refractivity (Wildman–Crippen MR) is 69.7 cm³/mol. The normalized spacial score (nSPS) is 26.2. The Morgan fingerprint density at radius 3 is 3.28 bits per heavy atom. The third-order valence-corrected chi connectivity index (χ3v) is 3.98. The highest BCUT2D eigenvalue weighted by molar-refractivity contribution is 5.92. The van der Waals surface area contributed by atoms with E-state index in [1.807, 2.05) is 12.1 Å². The highest BCUT2D eigenvalue weighted by Crippen LogP contribution is 2.31. The molecule has 5 heteroatoms. The number of hydrogen-bond acceptors (Lipinski definition) is 4. The van der Waals surface area contributed by atoms with E-state index >= 15 is 0 Å². The third-order valence-electron chi connectivity index (χ3n) is 3.98. The van der Waals surface area contributed by atoms with Crippen LogP contribution in [0.4, 0.5) is 5.69 Å². The molecule has 0 bridgehead atoms. The summed E-state index contributed by atoms with van der Waals surface area (Å²) in [6.07, 6.45) is 2.95. The predicted octanol–water partition coefficient (Wildman–Crippen LogP) is 0.239. The van der Waals surface area contributed by atoms with Gasteiger partial charge in [0.1, 0.15) is 5.69 Å². The number of carbonyl (C=O) groups excluding carboxylic acids is 1. The van der Waals surface area contributed by atoms with E-state index in [0.717, 1.165) is 31.2 Å². The average molecular weight is 246 g/mol. The van der Waals surface area contributed by atoms with E-state index in [4.69, 9.17) is 0 Å². The fraction of sp³-hybridized carbons (Fsp3) is 0.538. The van der Waals surface area contributed by atoms with Gasteiger partial charge in [-0.15, -0.1) is 0 Å². The van der Waals surface area contributed by atoms with Crippen molar-refractivity contribution in [2.45, 2.75) is 12.5 Å². The maximum Gasteiger partial charge on any atom is 0.269 e. The SMILES string of the molecule is CNC(=O)c1cc(N2CC[C@H]3CNC[C@H]32)ccn1. The molecule has 1 amide bonds. The molecule has 0 spiro atoms. The van der Waals surface area contributed by atoms with Crippen LogP contribution in [0.3, 0.4) is 0 Å². The van der Waals surface area contributed by atoms with Gasteiger partial charge in [0, 0.05) is 44.6 Å². The number of nitrogens with zero attached hydrogens (tertiary/aromatic N) is 2. The average Bonchev–Trinajstić information content (AvgIpc) is 3.00. The largest absolute Gasteiger partial charge is 0.367 e. The van der Waals surface area contributed by atoms with Crippen molar-refractivity contribution in [2.75, 3.05) is 31.6 Å². The number of pyridine rings is 1. The van der Waals surface area contributed by atoms with Crippen LogP contribution in [0.2, 0.25) is 0 Å². The van der Waals surface area contributed by atoms with Crippen molar-refractivity contribution in [3.05, 3.63) is 24.0 Å². The number of amides is 1. The molecule has 3 heterocycles. The molecule has 0 unspecified atom stereocenters. The summed E-state index contributed by atoms with van der Waals surface area (Å²) >= 11 is 0. The Balaban J connectivity index is 1.86. The van der Waals surface area contributed by atoms with Crippen LogP contribution in [-0.2, 0) is 0 Å². The third kappa shape index (κ3) is 1.84.